The van der Waals surface area contributed by atoms with Gasteiger partial charge in [-0.2, -0.15) is 0 Å². The molecule has 30 heteroatoms. The molecular weight excluding hydrogens is 1230 g/mol. The summed E-state index contributed by atoms with van der Waals surface area (Å²) < 4.78 is 56.5. The number of rotatable bonds is 22. The molecule has 2 saturated heterocycles. The Labute approximate surface area is 533 Å². The SMILES string of the molecule is COc1cc2cc(c1Cl)N(C)C(=O)C[C@H](OC(=O)[C@H](C)N(C)C(=O)c1ccc(NC(=O)[C@H](CCCNC(N)=O)NC(=O)[C@@H](NC(=S)NCCCCN3C(=O)C=CC3=O)C(C)C)c(S(C)(=O)=O)c1)[C@]1(C)O[C@H]1[C@H](C)[C@@H]1C[C@@](O)(NC(=O)O1)[C@H](OC)/C=C/C=C(\C)C2. The highest BCUT2D eigenvalue weighted by molar-refractivity contribution is 7.90. The second-order valence-electron chi connectivity index (χ2n) is 23.3. The molecule has 9 N–H and O–H groups in total. The van der Waals surface area contributed by atoms with Crippen LogP contribution in [0.1, 0.15) is 96.0 Å². The van der Waals surface area contributed by atoms with Gasteiger partial charge in [-0.1, -0.05) is 56.2 Å². The summed E-state index contributed by atoms with van der Waals surface area (Å²) in [4.78, 5) is 123. The average Bonchev–Trinajstić information content (AvgIpc) is 1.56. The molecular formula is C60H81ClN10O17S2. The van der Waals surface area contributed by atoms with Gasteiger partial charge < -0.3 is 70.9 Å². The number of esters is 1. The van der Waals surface area contributed by atoms with Crippen LogP contribution in [0, 0.1) is 11.8 Å². The Bertz CT molecular complexity index is 3310. The van der Waals surface area contributed by atoms with Gasteiger partial charge in [0.15, 0.2) is 20.7 Å². The third-order valence-electron chi connectivity index (χ3n) is 16.2. The second-order valence-corrected chi connectivity index (χ2v) is 26.0. The van der Waals surface area contributed by atoms with Crippen molar-refractivity contribution in [2.75, 3.05) is 64.4 Å². The molecule has 4 bridgehead atoms. The molecule has 0 unspecified atom stereocenters. The van der Waals surface area contributed by atoms with E-state index in [1.54, 1.807) is 58.1 Å². The highest BCUT2D eigenvalue weighted by atomic mass is 35.5. The van der Waals surface area contributed by atoms with E-state index in [2.05, 4.69) is 31.9 Å². The van der Waals surface area contributed by atoms with Crippen LogP contribution in [-0.2, 0) is 64.0 Å². The Kier molecular flexibility index (Phi) is 24.1. The number of halogens is 1. The van der Waals surface area contributed by atoms with Crippen molar-refractivity contribution in [3.63, 3.8) is 0 Å². The summed E-state index contributed by atoms with van der Waals surface area (Å²) in [7, 11) is 1.31. The van der Waals surface area contributed by atoms with Gasteiger partial charge in [-0.05, 0) is 107 Å². The number of alkyl carbamates (subject to hydrolysis) is 1. The summed E-state index contributed by atoms with van der Waals surface area (Å²) in [5.74, 6) is -5.57. The number of hydrogen-bond donors (Lipinski definition) is 8. The van der Waals surface area contributed by atoms with Gasteiger partial charge in [-0.3, -0.25) is 39.0 Å². The number of hydrogen-bond acceptors (Lipinski definition) is 18. The number of aliphatic hydroxyl groups is 1. The zero-order valence-electron chi connectivity index (χ0n) is 52.1. The summed E-state index contributed by atoms with van der Waals surface area (Å²) >= 11 is 12.3. The number of primary amides is 1. The van der Waals surface area contributed by atoms with Crippen molar-refractivity contribution >= 4 is 104 Å². The monoisotopic (exact) mass is 1310 g/mol. The Balaban J connectivity index is 1.21. The molecule has 4 heterocycles. The van der Waals surface area contributed by atoms with E-state index in [-0.39, 0.29) is 77.0 Å². The molecule has 2 aromatic carbocycles. The molecule has 4 aliphatic heterocycles. The summed E-state index contributed by atoms with van der Waals surface area (Å²) in [5, 5.41) is 28.3. The Hall–Kier alpha value is -7.70. The molecule has 492 valence electrons. The van der Waals surface area contributed by atoms with Gasteiger partial charge in [0.2, 0.25) is 17.7 Å². The van der Waals surface area contributed by atoms with E-state index >= 15 is 0 Å². The van der Waals surface area contributed by atoms with Crippen LogP contribution >= 0.6 is 23.8 Å². The van der Waals surface area contributed by atoms with E-state index < -0.39 is 129 Å². The molecule has 10 atom stereocenters. The summed E-state index contributed by atoms with van der Waals surface area (Å²) in [6.45, 7) is 10.6. The smallest absolute Gasteiger partial charge is 0.409 e. The molecule has 0 spiro atoms. The molecule has 2 aromatic rings. The number of allylic oxidation sites excluding steroid dienone is 3. The van der Waals surface area contributed by atoms with Crippen LogP contribution < -0.4 is 47.3 Å². The number of sulfone groups is 1. The van der Waals surface area contributed by atoms with E-state index in [0.29, 0.717) is 31.4 Å². The van der Waals surface area contributed by atoms with Crippen molar-refractivity contribution in [1.29, 1.82) is 0 Å². The predicted octanol–water partition coefficient (Wildman–Crippen LogP) is 3.30. The zero-order valence-corrected chi connectivity index (χ0v) is 54.5. The van der Waals surface area contributed by atoms with Crippen molar-refractivity contribution in [2.24, 2.45) is 17.6 Å². The summed E-state index contributed by atoms with van der Waals surface area (Å²) in [6.07, 6.45) is 3.88. The molecule has 0 aromatic heterocycles. The number of nitrogens with zero attached hydrogens (tertiary/aromatic N) is 3. The van der Waals surface area contributed by atoms with Gasteiger partial charge in [0.25, 0.3) is 17.7 Å². The lowest BCUT2D eigenvalue weighted by Gasteiger charge is -2.42. The number of imide groups is 1. The quantitative estimate of drug-likeness (QED) is 0.0276. The molecule has 0 radical (unpaired) electrons. The normalized spacial score (nSPS) is 24.6. The Morgan fingerprint density at radius 2 is 1.67 bits per heavy atom. The second kappa shape index (κ2) is 30.4. The van der Waals surface area contributed by atoms with E-state index in [0.717, 1.165) is 27.7 Å². The van der Waals surface area contributed by atoms with Crippen molar-refractivity contribution in [3.8, 4) is 5.75 Å². The summed E-state index contributed by atoms with van der Waals surface area (Å²) in [6, 6.07) is 2.27. The number of unbranched alkanes of at least 4 members (excludes halogenated alkanes) is 1. The minimum absolute atomic E-state index is 0.00897. The van der Waals surface area contributed by atoms with Crippen molar-refractivity contribution in [3.05, 3.63) is 82.4 Å². The number of nitrogens with one attached hydrogen (secondary N) is 6. The number of urea groups is 1. The number of ether oxygens (including phenoxy) is 5. The van der Waals surface area contributed by atoms with Gasteiger partial charge in [-0.25, -0.2) is 22.8 Å². The van der Waals surface area contributed by atoms with E-state index in [9.17, 15) is 56.7 Å². The van der Waals surface area contributed by atoms with Crippen molar-refractivity contribution in [2.45, 2.75) is 145 Å². The van der Waals surface area contributed by atoms with E-state index in [1.807, 2.05) is 6.92 Å². The van der Waals surface area contributed by atoms with Crippen LogP contribution in [-0.4, -0.2) is 190 Å². The first-order valence-corrected chi connectivity index (χ1v) is 31.8. The number of methoxy groups -OCH3 is 2. The standard InChI is InChI=1S/C60H81ClN10O17S2/c1-32(2)50(67-57(89)64-23-12-13-25-71-46(72)21-22-47(71)73)53(76)66-39(17-15-24-63-56(62)79)52(75)65-38-20-19-37(29-43(38)90(11,82)83)54(77)69(7)35(5)55(78)87-45-30-48(74)70(8)40-27-36(28-41(84-9)49(40)61)26-33(3)16-14-18-44(85-10)60(81)31-42(86-58(80)68-60)34(4)51-59(45,6)88-51/h14,16,18-22,27-29,32,34-35,39,42,44-45,50-51,81H,12-13,15,17,23-26,30-31H2,1-11H3,(H,65,75)(H,66,76)(H,68,80)(H3,62,63,79)(H2,64,67,89)/b18-14+,33-16+/t34-,35+,39+,42+,44-,45+,50+,51+,59+,60+/m1/s1. The number of amides is 9. The fourth-order valence-electron chi connectivity index (χ4n) is 10.7. The number of thiocarbonyl (C=S) groups is 1. The lowest BCUT2D eigenvalue weighted by Crippen LogP contribution is -2.63. The highest BCUT2D eigenvalue weighted by Crippen LogP contribution is 2.49. The lowest BCUT2D eigenvalue weighted by molar-refractivity contribution is -0.158. The van der Waals surface area contributed by atoms with E-state index in [1.165, 1.54) is 64.4 Å². The first kappa shape index (κ1) is 71.4. The molecule has 4 aliphatic rings. The molecule has 27 nitrogen and oxygen atoms in total. The zero-order chi connectivity index (χ0) is 66.7. The van der Waals surface area contributed by atoms with E-state index in [4.69, 9.17) is 53.2 Å². The minimum atomic E-state index is -4.26. The fraction of sp³-hybridized carbons (Fsp3) is 0.533. The number of nitrogens with two attached hydrogens (primary N) is 1. The number of fused-ring (bicyclic) bond motifs is 5. The lowest BCUT2D eigenvalue weighted by atomic mass is 9.83. The van der Waals surface area contributed by atoms with Crippen LogP contribution in [0.2, 0.25) is 5.02 Å². The van der Waals surface area contributed by atoms with Crippen LogP contribution in [0.3, 0.4) is 0 Å². The van der Waals surface area contributed by atoms with Crippen LogP contribution in [0.15, 0.2) is 71.2 Å². The number of likely N-dealkylation sites (N-methyl/N-ethyl adjacent to an activating group) is 1. The third-order valence-corrected chi connectivity index (χ3v) is 17.9. The largest absolute Gasteiger partial charge is 0.495 e. The molecule has 9 amide bonds. The fourth-order valence-corrected chi connectivity index (χ4v) is 12.1. The van der Waals surface area contributed by atoms with Gasteiger partial charge in [0.05, 0.1) is 35.9 Å². The minimum Gasteiger partial charge on any atom is -0.495 e. The molecule has 0 aliphatic carbocycles. The number of epoxide rings is 1. The van der Waals surface area contributed by atoms with Crippen LogP contribution in [0.5, 0.6) is 5.75 Å². The van der Waals surface area contributed by atoms with Crippen molar-refractivity contribution in [1.82, 2.24) is 36.4 Å². The Morgan fingerprint density at radius 3 is 2.30 bits per heavy atom. The predicted molar refractivity (Wildman–Crippen MR) is 335 cm³/mol. The first-order valence-electron chi connectivity index (χ1n) is 29.2. The van der Waals surface area contributed by atoms with Crippen LogP contribution in [0.4, 0.5) is 21.0 Å². The van der Waals surface area contributed by atoms with Crippen molar-refractivity contribution < 1.29 is 80.4 Å². The number of carbonyl (C=O) groups excluding carboxylic acids is 9. The topological polar surface area (TPSA) is 365 Å². The van der Waals surface area contributed by atoms with Gasteiger partial charge in [0, 0.05) is 77.1 Å². The van der Waals surface area contributed by atoms with Crippen LogP contribution in [0.25, 0.3) is 0 Å². The van der Waals surface area contributed by atoms with Gasteiger partial charge in [0.1, 0.15) is 52.8 Å². The maximum atomic E-state index is 14.6. The Morgan fingerprint density at radius 1 is 0.989 bits per heavy atom. The van der Waals surface area contributed by atoms with Gasteiger partial charge >= 0.3 is 18.1 Å². The molecule has 2 fully saturated rings. The maximum absolute atomic E-state index is 14.6. The summed E-state index contributed by atoms with van der Waals surface area (Å²) in [5.41, 5.74) is 3.20. The highest BCUT2D eigenvalue weighted by Gasteiger charge is 2.64. The van der Waals surface area contributed by atoms with Gasteiger partial charge in [-0.15, -0.1) is 0 Å². The molecule has 90 heavy (non-hydrogen) atoms. The number of carbonyl (C=O) groups is 9. The third kappa shape index (κ3) is 17.8. The molecule has 6 rings (SSSR count). The number of anilines is 2. The maximum Gasteiger partial charge on any atom is 0.409 e. The first-order chi connectivity index (χ1) is 42.2. The average molecular weight is 1310 g/mol. The number of benzene rings is 2. The molecule has 0 saturated carbocycles.